The molecule has 166 valence electrons. The minimum atomic E-state index is -3.96. The smallest absolute Gasteiger partial charge is 0.343 e. The summed E-state index contributed by atoms with van der Waals surface area (Å²) >= 11 is 0. The number of rotatable bonds is 5. The molecular weight excluding hydrogens is 426 g/mol. The molecular formula is C25H25NO5S. The van der Waals surface area contributed by atoms with Crippen molar-refractivity contribution < 1.29 is 22.7 Å². The standard InChI is InChI=1S/C25H25NO5S/c1-17-8-6-9-18(2)24(17)31-25(27)20-13-14-22(30-3)23(16-20)32(28,29)26-15-7-11-19-10-4-5-12-21(19)26/h4-6,8-10,12-14,16H,7,11,15H2,1-3H3. The van der Waals surface area contributed by atoms with E-state index in [4.69, 9.17) is 9.47 Å². The van der Waals surface area contributed by atoms with Crippen molar-refractivity contribution in [3.8, 4) is 11.5 Å². The summed E-state index contributed by atoms with van der Waals surface area (Å²) in [5.74, 6) is 0.0277. The normalized spacial score (nSPS) is 13.4. The lowest BCUT2D eigenvalue weighted by molar-refractivity contribution is 0.0732. The summed E-state index contributed by atoms with van der Waals surface area (Å²) in [7, 11) is -2.55. The third-order valence-corrected chi connectivity index (χ3v) is 7.47. The molecule has 1 aliphatic heterocycles. The van der Waals surface area contributed by atoms with Gasteiger partial charge < -0.3 is 9.47 Å². The summed E-state index contributed by atoms with van der Waals surface area (Å²) in [5.41, 5.74) is 3.42. The molecule has 32 heavy (non-hydrogen) atoms. The number of benzene rings is 3. The Kier molecular flexibility index (Phi) is 5.93. The number of ether oxygens (including phenoxy) is 2. The Morgan fingerprint density at radius 1 is 0.969 bits per heavy atom. The van der Waals surface area contributed by atoms with Gasteiger partial charge in [-0.25, -0.2) is 13.2 Å². The number of hydrogen-bond acceptors (Lipinski definition) is 5. The van der Waals surface area contributed by atoms with Crippen LogP contribution in [0, 0.1) is 13.8 Å². The number of carbonyl (C=O) groups is 1. The summed E-state index contributed by atoms with van der Waals surface area (Å²) in [6.07, 6.45) is 1.54. The van der Waals surface area contributed by atoms with Crippen molar-refractivity contribution in [3.63, 3.8) is 0 Å². The zero-order valence-electron chi connectivity index (χ0n) is 18.3. The minimum absolute atomic E-state index is 0.0624. The summed E-state index contributed by atoms with van der Waals surface area (Å²) < 4.78 is 39.7. The summed E-state index contributed by atoms with van der Waals surface area (Å²) in [5, 5.41) is 0. The molecule has 0 saturated carbocycles. The quantitative estimate of drug-likeness (QED) is 0.416. The van der Waals surface area contributed by atoms with Gasteiger partial charge in [-0.15, -0.1) is 0 Å². The van der Waals surface area contributed by atoms with Crippen molar-refractivity contribution in [2.45, 2.75) is 31.6 Å². The van der Waals surface area contributed by atoms with Gasteiger partial charge >= 0.3 is 5.97 Å². The first-order valence-corrected chi connectivity index (χ1v) is 11.8. The maximum atomic E-state index is 13.7. The molecule has 0 saturated heterocycles. The molecule has 7 heteroatoms. The molecule has 0 amide bonds. The summed E-state index contributed by atoms with van der Waals surface area (Å²) in [4.78, 5) is 12.8. The first-order valence-electron chi connectivity index (χ1n) is 10.4. The predicted octanol–water partition coefficient (Wildman–Crippen LogP) is 4.67. The molecule has 0 atom stereocenters. The minimum Gasteiger partial charge on any atom is -0.495 e. The highest BCUT2D eigenvalue weighted by molar-refractivity contribution is 7.93. The first kappa shape index (κ1) is 21.9. The largest absolute Gasteiger partial charge is 0.495 e. The SMILES string of the molecule is COc1ccc(C(=O)Oc2c(C)cccc2C)cc1S(=O)(=O)N1CCCc2ccccc21. The number of sulfonamides is 1. The number of nitrogens with zero attached hydrogens (tertiary/aromatic N) is 1. The van der Waals surface area contributed by atoms with Crippen LogP contribution in [0.25, 0.3) is 0 Å². The van der Waals surface area contributed by atoms with Crippen molar-refractivity contribution in [1.82, 2.24) is 0 Å². The molecule has 3 aromatic rings. The lowest BCUT2D eigenvalue weighted by Crippen LogP contribution is -2.35. The van der Waals surface area contributed by atoms with E-state index in [9.17, 15) is 13.2 Å². The molecule has 0 fully saturated rings. The van der Waals surface area contributed by atoms with Crippen LogP contribution in [0.1, 0.15) is 33.5 Å². The number of para-hydroxylation sites is 2. The highest BCUT2D eigenvalue weighted by Crippen LogP contribution is 2.35. The van der Waals surface area contributed by atoms with Crippen molar-refractivity contribution >= 4 is 21.7 Å². The van der Waals surface area contributed by atoms with Crippen LogP contribution >= 0.6 is 0 Å². The molecule has 4 rings (SSSR count). The molecule has 0 radical (unpaired) electrons. The third-order valence-electron chi connectivity index (χ3n) is 5.64. The van der Waals surface area contributed by atoms with Gasteiger partial charge in [-0.2, -0.15) is 0 Å². The van der Waals surface area contributed by atoms with Gasteiger partial charge in [0.1, 0.15) is 16.4 Å². The lowest BCUT2D eigenvalue weighted by atomic mass is 10.0. The molecule has 6 nitrogen and oxygen atoms in total. The number of fused-ring (bicyclic) bond motifs is 1. The van der Waals surface area contributed by atoms with E-state index in [1.165, 1.54) is 29.6 Å². The van der Waals surface area contributed by atoms with E-state index in [0.29, 0.717) is 24.4 Å². The fourth-order valence-electron chi connectivity index (χ4n) is 3.98. The fourth-order valence-corrected chi connectivity index (χ4v) is 5.71. The van der Waals surface area contributed by atoms with E-state index in [2.05, 4.69) is 0 Å². The molecule has 0 aliphatic carbocycles. The topological polar surface area (TPSA) is 72.9 Å². The molecule has 0 unspecified atom stereocenters. The van der Waals surface area contributed by atoms with Gasteiger partial charge in [-0.05, 0) is 67.6 Å². The van der Waals surface area contributed by atoms with Crippen molar-refractivity contribution in [1.29, 1.82) is 0 Å². The van der Waals surface area contributed by atoms with Crippen molar-refractivity contribution in [2.24, 2.45) is 0 Å². The molecule has 0 bridgehead atoms. The van der Waals surface area contributed by atoms with E-state index < -0.39 is 16.0 Å². The highest BCUT2D eigenvalue weighted by atomic mass is 32.2. The second-order valence-electron chi connectivity index (χ2n) is 7.79. The van der Waals surface area contributed by atoms with Crippen LogP contribution in [0.4, 0.5) is 5.69 Å². The van der Waals surface area contributed by atoms with Crippen LogP contribution in [0.5, 0.6) is 11.5 Å². The van der Waals surface area contributed by atoms with E-state index in [1.807, 2.05) is 50.2 Å². The van der Waals surface area contributed by atoms with E-state index in [0.717, 1.165) is 23.1 Å². The predicted molar refractivity (Wildman–Crippen MR) is 123 cm³/mol. The van der Waals surface area contributed by atoms with Crippen LogP contribution in [-0.2, 0) is 16.4 Å². The maximum Gasteiger partial charge on any atom is 0.343 e. The molecule has 1 aliphatic rings. The number of methoxy groups -OCH3 is 1. The number of carbonyl (C=O) groups excluding carboxylic acids is 1. The van der Waals surface area contributed by atoms with Gasteiger partial charge in [0.15, 0.2) is 0 Å². The lowest BCUT2D eigenvalue weighted by Gasteiger charge is -2.31. The van der Waals surface area contributed by atoms with Crippen molar-refractivity contribution in [3.05, 3.63) is 82.9 Å². The average Bonchev–Trinajstić information content (AvgIpc) is 2.80. The average molecular weight is 452 g/mol. The Morgan fingerprint density at radius 2 is 1.69 bits per heavy atom. The second kappa shape index (κ2) is 8.67. The van der Waals surface area contributed by atoms with Crippen LogP contribution in [0.3, 0.4) is 0 Å². The van der Waals surface area contributed by atoms with Crippen molar-refractivity contribution in [2.75, 3.05) is 18.0 Å². The Balaban J connectivity index is 1.74. The zero-order valence-corrected chi connectivity index (χ0v) is 19.1. The summed E-state index contributed by atoms with van der Waals surface area (Å²) in [6, 6.07) is 17.4. The van der Waals surface area contributed by atoms with Gasteiger partial charge in [-0.3, -0.25) is 4.31 Å². The van der Waals surface area contributed by atoms with Crippen LogP contribution in [0.15, 0.2) is 65.6 Å². The Hall–Kier alpha value is -3.32. The van der Waals surface area contributed by atoms with E-state index in [1.54, 1.807) is 6.07 Å². The van der Waals surface area contributed by atoms with Gasteiger partial charge in [0, 0.05) is 6.54 Å². The fraction of sp³-hybridized carbons (Fsp3) is 0.240. The van der Waals surface area contributed by atoms with Gasteiger partial charge in [0.25, 0.3) is 10.0 Å². The van der Waals surface area contributed by atoms with Gasteiger partial charge in [-0.1, -0.05) is 36.4 Å². The number of aryl methyl sites for hydroxylation is 3. The van der Waals surface area contributed by atoms with E-state index in [-0.39, 0.29) is 16.2 Å². The summed E-state index contributed by atoms with van der Waals surface area (Å²) in [6.45, 7) is 4.07. The first-order chi connectivity index (χ1) is 15.3. The third kappa shape index (κ3) is 3.96. The Bertz CT molecular complexity index is 1260. The zero-order chi connectivity index (χ0) is 22.9. The number of hydrogen-bond donors (Lipinski definition) is 0. The maximum absolute atomic E-state index is 13.7. The number of anilines is 1. The molecule has 0 aromatic heterocycles. The van der Waals surface area contributed by atoms with E-state index >= 15 is 0 Å². The van der Waals surface area contributed by atoms with Gasteiger partial charge in [0.2, 0.25) is 0 Å². The molecule has 0 spiro atoms. The highest BCUT2D eigenvalue weighted by Gasteiger charge is 2.32. The second-order valence-corrected chi connectivity index (χ2v) is 9.62. The Morgan fingerprint density at radius 3 is 2.41 bits per heavy atom. The van der Waals surface area contributed by atoms with Crippen LogP contribution in [-0.4, -0.2) is 28.0 Å². The number of esters is 1. The van der Waals surface area contributed by atoms with Crippen LogP contribution < -0.4 is 13.8 Å². The van der Waals surface area contributed by atoms with Crippen LogP contribution in [0.2, 0.25) is 0 Å². The van der Waals surface area contributed by atoms with Gasteiger partial charge in [0.05, 0.1) is 18.4 Å². The molecule has 1 heterocycles. The Labute approximate surface area is 188 Å². The molecule has 0 N–H and O–H groups in total. The monoisotopic (exact) mass is 451 g/mol. The molecule has 3 aromatic carbocycles.